The van der Waals surface area contributed by atoms with E-state index in [0.29, 0.717) is 6.54 Å². The van der Waals surface area contributed by atoms with E-state index < -0.39 is 5.91 Å². The summed E-state index contributed by atoms with van der Waals surface area (Å²) in [7, 11) is 1.61. The molecule has 0 radical (unpaired) electrons. The van der Waals surface area contributed by atoms with Gasteiger partial charge in [0.25, 0.3) is 0 Å². The predicted molar refractivity (Wildman–Crippen MR) is 51.2 cm³/mol. The molecule has 0 aliphatic carbocycles. The summed E-state index contributed by atoms with van der Waals surface area (Å²) in [5.74, 6) is -0.506. The summed E-state index contributed by atoms with van der Waals surface area (Å²) in [5, 5.41) is 8.35. The van der Waals surface area contributed by atoms with Gasteiger partial charge >= 0.3 is 5.91 Å². The molecule has 1 rings (SSSR count). The normalized spacial score (nSPS) is 9.14. The highest BCUT2D eigenvalue weighted by Crippen LogP contribution is 1.98. The van der Waals surface area contributed by atoms with Crippen molar-refractivity contribution in [2.24, 2.45) is 0 Å². The molecule has 0 spiro atoms. The van der Waals surface area contributed by atoms with Gasteiger partial charge in [-0.3, -0.25) is 9.78 Å². The number of pyridine rings is 1. The number of carbonyl (C=O) groups is 1. The number of hydrogen-bond donors (Lipinski definition) is 0. The first-order chi connectivity index (χ1) is 6.74. The fourth-order valence-electron chi connectivity index (χ4n) is 1.03. The van der Waals surface area contributed by atoms with Crippen LogP contribution in [-0.4, -0.2) is 29.4 Å². The smallest absolute Gasteiger partial charge is 0.324 e. The Bertz CT molecular complexity index is 342. The van der Waals surface area contributed by atoms with Crippen molar-refractivity contribution in [3.8, 4) is 6.07 Å². The van der Waals surface area contributed by atoms with Gasteiger partial charge in [-0.05, 0) is 18.1 Å². The molecule has 14 heavy (non-hydrogen) atoms. The second kappa shape index (κ2) is 4.97. The molecule has 0 atom stereocenters. The molecule has 0 aliphatic heterocycles. The van der Waals surface area contributed by atoms with Gasteiger partial charge in [-0.2, -0.15) is 5.26 Å². The number of amides is 1. The number of likely N-dealkylation sites (N-methyl/N-ethyl adjacent to an activating group) is 1. The van der Waals surface area contributed by atoms with Crippen LogP contribution in [0.15, 0.2) is 24.5 Å². The molecule has 4 heteroatoms. The van der Waals surface area contributed by atoms with Crippen LogP contribution >= 0.6 is 0 Å². The summed E-state index contributed by atoms with van der Waals surface area (Å²) < 4.78 is 0. The van der Waals surface area contributed by atoms with E-state index in [4.69, 9.17) is 5.26 Å². The van der Waals surface area contributed by atoms with Gasteiger partial charge in [0, 0.05) is 26.0 Å². The van der Waals surface area contributed by atoms with Crippen LogP contribution in [0.3, 0.4) is 0 Å². The standard InChI is InChI=1S/C10H11N3O/c1-13(10(14)7-11)6-4-9-3-2-5-12-8-9/h2-3,5,8H,4,6H2,1H3. The topological polar surface area (TPSA) is 57.0 Å². The Morgan fingerprint density at radius 2 is 2.50 bits per heavy atom. The summed E-state index contributed by atoms with van der Waals surface area (Å²) in [5.41, 5.74) is 1.06. The second-order valence-corrected chi connectivity index (χ2v) is 2.95. The Kier molecular flexibility index (Phi) is 3.62. The first-order valence-electron chi connectivity index (χ1n) is 4.28. The molecule has 72 valence electrons. The molecule has 0 aromatic carbocycles. The van der Waals surface area contributed by atoms with E-state index in [9.17, 15) is 4.79 Å². The van der Waals surface area contributed by atoms with Gasteiger partial charge in [0.2, 0.25) is 0 Å². The minimum atomic E-state index is -0.506. The zero-order valence-electron chi connectivity index (χ0n) is 7.97. The van der Waals surface area contributed by atoms with Gasteiger partial charge in [0.05, 0.1) is 0 Å². The maximum atomic E-state index is 10.9. The molecule has 0 saturated carbocycles. The molecule has 0 aliphatic rings. The highest BCUT2D eigenvalue weighted by Gasteiger charge is 2.05. The van der Waals surface area contributed by atoms with Crippen LogP contribution in [-0.2, 0) is 11.2 Å². The van der Waals surface area contributed by atoms with Gasteiger partial charge in [0.1, 0.15) is 0 Å². The Morgan fingerprint density at radius 3 is 3.07 bits per heavy atom. The second-order valence-electron chi connectivity index (χ2n) is 2.95. The lowest BCUT2D eigenvalue weighted by Gasteiger charge is -2.12. The Balaban J connectivity index is 2.43. The molecule has 0 bridgehead atoms. The van der Waals surface area contributed by atoms with Gasteiger partial charge in [-0.1, -0.05) is 6.07 Å². The molecule has 1 amide bonds. The molecule has 0 N–H and O–H groups in total. The molecular weight excluding hydrogens is 178 g/mol. The van der Waals surface area contributed by atoms with E-state index in [1.807, 2.05) is 12.1 Å². The van der Waals surface area contributed by atoms with Crippen molar-refractivity contribution in [2.45, 2.75) is 6.42 Å². The zero-order chi connectivity index (χ0) is 10.4. The lowest BCUT2D eigenvalue weighted by molar-refractivity contribution is -0.124. The average molecular weight is 189 g/mol. The van der Waals surface area contributed by atoms with Crippen LogP contribution in [0.5, 0.6) is 0 Å². The first kappa shape index (κ1) is 10.2. The van der Waals surface area contributed by atoms with E-state index in [1.54, 1.807) is 25.5 Å². The highest BCUT2D eigenvalue weighted by atomic mass is 16.2. The summed E-state index contributed by atoms with van der Waals surface area (Å²) >= 11 is 0. The highest BCUT2D eigenvalue weighted by molar-refractivity contribution is 5.90. The lowest BCUT2D eigenvalue weighted by Crippen LogP contribution is -2.27. The molecule has 1 heterocycles. The Hall–Kier alpha value is -1.89. The number of nitrogens with zero attached hydrogens (tertiary/aromatic N) is 3. The minimum Gasteiger partial charge on any atom is -0.333 e. The van der Waals surface area contributed by atoms with Gasteiger partial charge in [0.15, 0.2) is 6.07 Å². The lowest BCUT2D eigenvalue weighted by atomic mass is 10.2. The number of nitriles is 1. The summed E-state index contributed by atoms with van der Waals surface area (Å²) in [4.78, 5) is 16.2. The van der Waals surface area contributed by atoms with Crippen LogP contribution in [0.1, 0.15) is 5.56 Å². The third-order valence-electron chi connectivity index (χ3n) is 1.90. The van der Waals surface area contributed by atoms with Crippen molar-refractivity contribution in [3.63, 3.8) is 0 Å². The van der Waals surface area contributed by atoms with E-state index in [-0.39, 0.29) is 0 Å². The number of aromatic nitrogens is 1. The fourth-order valence-corrected chi connectivity index (χ4v) is 1.03. The van der Waals surface area contributed by atoms with Crippen LogP contribution in [0, 0.1) is 11.3 Å². The third kappa shape index (κ3) is 2.87. The maximum Gasteiger partial charge on any atom is 0.324 e. The largest absolute Gasteiger partial charge is 0.333 e. The van der Waals surface area contributed by atoms with Crippen LogP contribution in [0.25, 0.3) is 0 Å². The monoisotopic (exact) mass is 189 g/mol. The molecule has 1 aromatic rings. The predicted octanol–water partition coefficient (Wildman–Crippen LogP) is 0.606. The van der Waals surface area contributed by atoms with Gasteiger partial charge in [-0.25, -0.2) is 0 Å². The van der Waals surface area contributed by atoms with Crippen LogP contribution < -0.4 is 0 Å². The summed E-state index contributed by atoms with van der Waals surface area (Å²) in [6.07, 6.45) is 4.18. The van der Waals surface area contributed by atoms with E-state index in [2.05, 4.69) is 4.98 Å². The van der Waals surface area contributed by atoms with E-state index in [1.165, 1.54) is 4.90 Å². The minimum absolute atomic E-state index is 0.506. The maximum absolute atomic E-state index is 10.9. The van der Waals surface area contributed by atoms with Crippen molar-refractivity contribution in [1.29, 1.82) is 5.26 Å². The van der Waals surface area contributed by atoms with E-state index >= 15 is 0 Å². The Labute approximate surface area is 82.8 Å². The van der Waals surface area contributed by atoms with Gasteiger partial charge < -0.3 is 4.90 Å². The van der Waals surface area contributed by atoms with Crippen LogP contribution in [0.2, 0.25) is 0 Å². The number of carbonyl (C=O) groups excluding carboxylic acids is 1. The summed E-state index contributed by atoms with van der Waals surface area (Å²) in [6.45, 7) is 0.540. The average Bonchev–Trinajstić information content (AvgIpc) is 2.26. The molecule has 0 saturated heterocycles. The van der Waals surface area contributed by atoms with Crippen molar-refractivity contribution in [3.05, 3.63) is 30.1 Å². The molecule has 4 nitrogen and oxygen atoms in total. The molecule has 0 unspecified atom stereocenters. The summed E-state index contributed by atoms with van der Waals surface area (Å²) in [6, 6.07) is 5.36. The SMILES string of the molecule is CN(CCc1cccnc1)C(=O)C#N. The zero-order valence-corrected chi connectivity index (χ0v) is 7.97. The first-order valence-corrected chi connectivity index (χ1v) is 4.28. The van der Waals surface area contributed by atoms with Crippen molar-refractivity contribution >= 4 is 5.91 Å². The molecule has 0 fully saturated rings. The number of rotatable bonds is 3. The van der Waals surface area contributed by atoms with Gasteiger partial charge in [-0.15, -0.1) is 0 Å². The van der Waals surface area contributed by atoms with E-state index in [0.717, 1.165) is 12.0 Å². The number of hydrogen-bond acceptors (Lipinski definition) is 3. The molecule has 1 aromatic heterocycles. The van der Waals surface area contributed by atoms with Crippen molar-refractivity contribution in [2.75, 3.05) is 13.6 Å². The Morgan fingerprint density at radius 1 is 1.71 bits per heavy atom. The van der Waals surface area contributed by atoms with Crippen molar-refractivity contribution in [1.82, 2.24) is 9.88 Å². The van der Waals surface area contributed by atoms with Crippen LogP contribution in [0.4, 0.5) is 0 Å². The quantitative estimate of drug-likeness (QED) is 0.654. The van der Waals surface area contributed by atoms with Crippen molar-refractivity contribution < 1.29 is 4.79 Å². The fraction of sp³-hybridized carbons (Fsp3) is 0.300. The molecular formula is C10H11N3O. The third-order valence-corrected chi connectivity index (χ3v) is 1.90.